The van der Waals surface area contributed by atoms with E-state index in [1.807, 2.05) is 25.6 Å². The molecule has 0 aromatic carbocycles. The van der Waals surface area contributed by atoms with E-state index in [4.69, 9.17) is 4.52 Å². The molecule has 2 nitrogen and oxygen atoms in total. The summed E-state index contributed by atoms with van der Waals surface area (Å²) in [7, 11) is 0. The zero-order chi connectivity index (χ0) is 11.4. The molecule has 1 aliphatic carbocycles. The van der Waals surface area contributed by atoms with Gasteiger partial charge >= 0.3 is 0 Å². The lowest BCUT2D eigenvalue weighted by molar-refractivity contribution is 0.390. The number of rotatable bonds is 4. The van der Waals surface area contributed by atoms with Gasteiger partial charge in [-0.05, 0) is 38.4 Å². The molecular formula is C13H21NOS. The predicted molar refractivity (Wildman–Crippen MR) is 68.7 cm³/mol. The number of thioether (sulfide) groups is 1. The van der Waals surface area contributed by atoms with Crippen LogP contribution in [0.15, 0.2) is 4.52 Å². The summed E-state index contributed by atoms with van der Waals surface area (Å²) in [6.07, 6.45) is 7.21. The van der Waals surface area contributed by atoms with E-state index in [9.17, 15) is 0 Å². The van der Waals surface area contributed by atoms with Crippen molar-refractivity contribution in [2.45, 2.75) is 51.7 Å². The van der Waals surface area contributed by atoms with Gasteiger partial charge in [-0.15, -0.1) is 0 Å². The number of aromatic nitrogens is 1. The molecule has 0 amide bonds. The lowest BCUT2D eigenvalue weighted by Gasteiger charge is -2.20. The van der Waals surface area contributed by atoms with Crippen molar-refractivity contribution in [3.63, 3.8) is 0 Å². The maximum absolute atomic E-state index is 5.17. The van der Waals surface area contributed by atoms with Gasteiger partial charge in [0.05, 0.1) is 5.69 Å². The highest BCUT2D eigenvalue weighted by molar-refractivity contribution is 7.98. The molecule has 1 aromatic rings. The van der Waals surface area contributed by atoms with E-state index in [1.165, 1.54) is 43.4 Å². The lowest BCUT2D eigenvalue weighted by atomic mass is 9.91. The van der Waals surface area contributed by atoms with Gasteiger partial charge < -0.3 is 4.52 Å². The fourth-order valence-electron chi connectivity index (χ4n) is 2.39. The first-order valence-electron chi connectivity index (χ1n) is 6.27. The second-order valence-corrected chi connectivity index (χ2v) is 5.85. The third-order valence-electron chi connectivity index (χ3n) is 3.51. The minimum Gasteiger partial charge on any atom is -0.361 e. The zero-order valence-corrected chi connectivity index (χ0v) is 11.1. The van der Waals surface area contributed by atoms with Crippen LogP contribution in [0.5, 0.6) is 0 Å². The fourth-order valence-corrected chi connectivity index (χ4v) is 3.79. The predicted octanol–water partition coefficient (Wildman–Crippen LogP) is 4.10. The summed E-state index contributed by atoms with van der Waals surface area (Å²) in [6, 6.07) is 0. The van der Waals surface area contributed by atoms with Crippen molar-refractivity contribution in [3.05, 3.63) is 17.0 Å². The second-order valence-electron chi connectivity index (χ2n) is 4.82. The van der Waals surface area contributed by atoms with Crippen LogP contribution in [-0.4, -0.2) is 10.9 Å². The fraction of sp³-hybridized carbons (Fsp3) is 0.769. The Morgan fingerprint density at radius 3 is 2.62 bits per heavy atom. The molecule has 0 spiro atoms. The van der Waals surface area contributed by atoms with Gasteiger partial charge in [-0.3, -0.25) is 0 Å². The van der Waals surface area contributed by atoms with Crippen molar-refractivity contribution in [2.75, 3.05) is 5.75 Å². The molecule has 0 atom stereocenters. The molecule has 0 N–H and O–H groups in total. The third kappa shape index (κ3) is 3.03. The van der Waals surface area contributed by atoms with Gasteiger partial charge in [0.15, 0.2) is 0 Å². The Bertz CT molecular complexity index is 309. The smallest absolute Gasteiger partial charge is 0.137 e. The van der Waals surface area contributed by atoms with Crippen molar-refractivity contribution < 1.29 is 4.52 Å². The summed E-state index contributed by atoms with van der Waals surface area (Å²) in [5, 5.41) is 3.99. The summed E-state index contributed by atoms with van der Waals surface area (Å²) in [4.78, 5) is 0. The van der Waals surface area contributed by atoms with Gasteiger partial charge in [-0.25, -0.2) is 0 Å². The van der Waals surface area contributed by atoms with Crippen LogP contribution in [0.3, 0.4) is 0 Å². The summed E-state index contributed by atoms with van der Waals surface area (Å²) in [6.45, 7) is 4.05. The van der Waals surface area contributed by atoms with Gasteiger partial charge in [0.1, 0.15) is 5.76 Å². The van der Waals surface area contributed by atoms with E-state index >= 15 is 0 Å². The topological polar surface area (TPSA) is 26.0 Å². The Balaban J connectivity index is 1.75. The normalized spacial score (nSPS) is 17.9. The molecule has 16 heavy (non-hydrogen) atoms. The first-order chi connectivity index (χ1) is 7.77. The van der Waals surface area contributed by atoms with E-state index < -0.39 is 0 Å². The molecule has 0 unspecified atom stereocenters. The average molecular weight is 239 g/mol. The van der Waals surface area contributed by atoms with Crippen molar-refractivity contribution in [3.8, 4) is 0 Å². The van der Waals surface area contributed by atoms with E-state index in [1.54, 1.807) is 0 Å². The van der Waals surface area contributed by atoms with Gasteiger partial charge in [-0.1, -0.05) is 24.4 Å². The molecule has 2 rings (SSSR count). The van der Waals surface area contributed by atoms with Crippen LogP contribution in [0.4, 0.5) is 0 Å². The summed E-state index contributed by atoms with van der Waals surface area (Å²) < 4.78 is 5.17. The van der Waals surface area contributed by atoms with Crippen LogP contribution in [0.1, 0.15) is 49.1 Å². The maximum atomic E-state index is 5.17. The summed E-state index contributed by atoms with van der Waals surface area (Å²) in [5.74, 6) is 4.33. The maximum Gasteiger partial charge on any atom is 0.137 e. The van der Waals surface area contributed by atoms with Crippen LogP contribution in [0, 0.1) is 19.8 Å². The van der Waals surface area contributed by atoms with Crippen LogP contribution in [-0.2, 0) is 5.75 Å². The number of nitrogens with zero attached hydrogens (tertiary/aromatic N) is 1. The van der Waals surface area contributed by atoms with Crippen LogP contribution >= 0.6 is 11.8 Å². The standard InChI is InChI=1S/C13H21NOS/c1-10-13(11(2)15-14-10)9-16-8-12-6-4-3-5-7-12/h12H,3-9H2,1-2H3. The summed E-state index contributed by atoms with van der Waals surface area (Å²) in [5.41, 5.74) is 2.37. The number of aryl methyl sites for hydroxylation is 2. The molecule has 3 heteroatoms. The monoisotopic (exact) mass is 239 g/mol. The van der Waals surface area contributed by atoms with Crippen LogP contribution in [0.25, 0.3) is 0 Å². The molecule has 0 bridgehead atoms. The third-order valence-corrected chi connectivity index (χ3v) is 4.71. The average Bonchev–Trinajstić information content (AvgIpc) is 2.62. The minimum absolute atomic E-state index is 0.958. The van der Waals surface area contributed by atoms with Gasteiger partial charge in [-0.2, -0.15) is 11.8 Å². The molecule has 1 fully saturated rings. The van der Waals surface area contributed by atoms with Crippen molar-refractivity contribution >= 4 is 11.8 Å². The molecule has 0 radical (unpaired) electrons. The molecule has 0 saturated heterocycles. The Labute approximate surface area is 102 Å². The quantitative estimate of drug-likeness (QED) is 0.791. The van der Waals surface area contributed by atoms with Crippen molar-refractivity contribution in [1.82, 2.24) is 5.16 Å². The van der Waals surface area contributed by atoms with Gasteiger partial charge in [0.25, 0.3) is 0 Å². The SMILES string of the molecule is Cc1noc(C)c1CSCC1CCCCC1. The molecule has 1 saturated carbocycles. The van der Waals surface area contributed by atoms with E-state index in [0.29, 0.717) is 0 Å². The summed E-state index contributed by atoms with van der Waals surface area (Å²) >= 11 is 2.05. The number of hydrogen-bond acceptors (Lipinski definition) is 3. The Morgan fingerprint density at radius 1 is 1.25 bits per heavy atom. The molecule has 1 aliphatic rings. The van der Waals surface area contributed by atoms with E-state index in [-0.39, 0.29) is 0 Å². The van der Waals surface area contributed by atoms with Crippen molar-refractivity contribution in [1.29, 1.82) is 0 Å². The molecule has 1 heterocycles. The highest BCUT2D eigenvalue weighted by Gasteiger charge is 2.14. The minimum atomic E-state index is 0.958. The van der Waals surface area contributed by atoms with Gasteiger partial charge in [0, 0.05) is 11.3 Å². The highest BCUT2D eigenvalue weighted by atomic mass is 32.2. The molecule has 1 aromatic heterocycles. The van der Waals surface area contributed by atoms with Crippen LogP contribution in [0.2, 0.25) is 0 Å². The Kier molecular flexibility index (Phi) is 4.33. The Morgan fingerprint density at radius 2 is 2.00 bits per heavy atom. The first kappa shape index (κ1) is 12.0. The van der Waals surface area contributed by atoms with E-state index in [0.717, 1.165) is 23.1 Å². The second kappa shape index (κ2) is 5.76. The largest absolute Gasteiger partial charge is 0.361 e. The van der Waals surface area contributed by atoms with Crippen LogP contribution < -0.4 is 0 Å². The lowest BCUT2D eigenvalue weighted by Crippen LogP contribution is -2.08. The molecule has 0 aliphatic heterocycles. The zero-order valence-electron chi connectivity index (χ0n) is 10.3. The Hall–Kier alpha value is -0.440. The van der Waals surface area contributed by atoms with Gasteiger partial charge in [0.2, 0.25) is 0 Å². The number of hydrogen-bond donors (Lipinski definition) is 0. The first-order valence-corrected chi connectivity index (χ1v) is 7.42. The van der Waals surface area contributed by atoms with E-state index in [2.05, 4.69) is 5.16 Å². The molecular weight excluding hydrogens is 218 g/mol. The molecule has 90 valence electrons. The van der Waals surface area contributed by atoms with Crippen molar-refractivity contribution in [2.24, 2.45) is 5.92 Å². The highest BCUT2D eigenvalue weighted by Crippen LogP contribution is 2.28.